The molecule has 64 valence electrons. The maximum absolute atomic E-state index is 7.44. The molecule has 12 heavy (non-hydrogen) atoms. The summed E-state index contributed by atoms with van der Waals surface area (Å²) in [4.78, 5) is 3.91. The zero-order valence-corrected chi connectivity index (χ0v) is 7.18. The summed E-state index contributed by atoms with van der Waals surface area (Å²) in [5.74, 6) is 0. The van der Waals surface area contributed by atoms with E-state index < -0.39 is 0 Å². The molecule has 1 heterocycles. The molecule has 0 aliphatic carbocycles. The minimum absolute atomic E-state index is 0.458. The third-order valence-corrected chi connectivity index (χ3v) is 1.63. The predicted octanol–water partition coefficient (Wildman–Crippen LogP) is 1.09. The molecular formula is C8H12N4. The molecule has 0 bridgehead atoms. The molecule has 0 atom stereocenters. The molecule has 0 aromatic carbocycles. The number of nitrogens with one attached hydrogen (secondary N) is 2. The van der Waals surface area contributed by atoms with E-state index in [1.54, 1.807) is 26.4 Å². The lowest BCUT2D eigenvalue weighted by Gasteiger charge is -2.09. The first kappa shape index (κ1) is 8.52. The minimum Gasteiger partial charge on any atom is -0.396 e. The molecule has 0 amide bonds. The van der Waals surface area contributed by atoms with Crippen LogP contribution in [0.25, 0.3) is 0 Å². The Kier molecular flexibility index (Phi) is 2.28. The number of hydrogen-bond donors (Lipinski definition) is 3. The van der Waals surface area contributed by atoms with Crippen LogP contribution in [0.2, 0.25) is 0 Å². The Labute approximate surface area is 71.3 Å². The van der Waals surface area contributed by atoms with Crippen molar-refractivity contribution in [1.82, 2.24) is 4.98 Å². The van der Waals surface area contributed by atoms with E-state index in [0.717, 1.165) is 11.3 Å². The van der Waals surface area contributed by atoms with Gasteiger partial charge >= 0.3 is 0 Å². The van der Waals surface area contributed by atoms with E-state index in [2.05, 4.69) is 10.3 Å². The monoisotopic (exact) mass is 164 g/mol. The highest BCUT2D eigenvalue weighted by molar-refractivity contribution is 6.03. The normalized spacial score (nSPS) is 9.50. The molecule has 0 aliphatic heterocycles. The van der Waals surface area contributed by atoms with Crippen LogP contribution in [0.1, 0.15) is 12.5 Å². The summed E-state index contributed by atoms with van der Waals surface area (Å²) in [7, 11) is 1.78. The average Bonchev–Trinajstić information content (AvgIpc) is 2.03. The Morgan fingerprint density at radius 3 is 2.67 bits per heavy atom. The van der Waals surface area contributed by atoms with Gasteiger partial charge in [0.1, 0.15) is 0 Å². The fraction of sp³-hybridized carbons (Fsp3) is 0.250. The first-order valence-corrected chi connectivity index (χ1v) is 3.63. The molecule has 0 fully saturated rings. The van der Waals surface area contributed by atoms with Gasteiger partial charge in [-0.05, 0) is 6.92 Å². The van der Waals surface area contributed by atoms with E-state index in [1.165, 1.54) is 0 Å². The molecule has 4 N–H and O–H groups in total. The Balaban J connectivity index is 3.27. The Hall–Kier alpha value is -1.58. The topological polar surface area (TPSA) is 74.8 Å². The van der Waals surface area contributed by atoms with Gasteiger partial charge in [0.25, 0.3) is 0 Å². The SMILES string of the molecule is CNc1c(N)cncc1C(C)=N. The van der Waals surface area contributed by atoms with Gasteiger partial charge in [-0.25, -0.2) is 0 Å². The third-order valence-electron chi connectivity index (χ3n) is 1.63. The van der Waals surface area contributed by atoms with Gasteiger partial charge in [-0.1, -0.05) is 0 Å². The number of pyridine rings is 1. The molecule has 1 aromatic rings. The highest BCUT2D eigenvalue weighted by atomic mass is 14.9. The molecule has 0 aliphatic rings. The fourth-order valence-corrected chi connectivity index (χ4v) is 1.04. The van der Waals surface area contributed by atoms with Crippen LogP contribution in [-0.2, 0) is 0 Å². The van der Waals surface area contributed by atoms with Gasteiger partial charge in [0.05, 0.1) is 17.6 Å². The van der Waals surface area contributed by atoms with Crippen molar-refractivity contribution in [3.05, 3.63) is 18.0 Å². The van der Waals surface area contributed by atoms with Crippen LogP contribution in [0.5, 0.6) is 0 Å². The van der Waals surface area contributed by atoms with E-state index in [4.69, 9.17) is 11.1 Å². The van der Waals surface area contributed by atoms with Crippen molar-refractivity contribution < 1.29 is 0 Å². The predicted molar refractivity (Wildman–Crippen MR) is 50.7 cm³/mol. The smallest absolute Gasteiger partial charge is 0.0743 e. The average molecular weight is 164 g/mol. The number of rotatable bonds is 2. The Morgan fingerprint density at radius 1 is 1.58 bits per heavy atom. The first-order chi connectivity index (χ1) is 5.66. The van der Waals surface area contributed by atoms with Crippen molar-refractivity contribution in [2.24, 2.45) is 0 Å². The fourth-order valence-electron chi connectivity index (χ4n) is 1.04. The maximum atomic E-state index is 7.44. The van der Waals surface area contributed by atoms with Gasteiger partial charge in [-0.2, -0.15) is 0 Å². The van der Waals surface area contributed by atoms with Crippen LogP contribution in [0.3, 0.4) is 0 Å². The highest BCUT2D eigenvalue weighted by Gasteiger charge is 2.05. The Morgan fingerprint density at radius 2 is 2.25 bits per heavy atom. The van der Waals surface area contributed by atoms with E-state index in [9.17, 15) is 0 Å². The van der Waals surface area contributed by atoms with E-state index in [1.807, 2.05) is 0 Å². The molecule has 0 radical (unpaired) electrons. The lowest BCUT2D eigenvalue weighted by atomic mass is 10.1. The number of hydrogen-bond acceptors (Lipinski definition) is 4. The summed E-state index contributed by atoms with van der Waals surface area (Å²) >= 11 is 0. The number of aromatic nitrogens is 1. The van der Waals surface area contributed by atoms with Crippen molar-refractivity contribution >= 4 is 17.1 Å². The number of nitrogens with two attached hydrogens (primary N) is 1. The summed E-state index contributed by atoms with van der Waals surface area (Å²) in [6.45, 7) is 1.71. The van der Waals surface area contributed by atoms with Gasteiger partial charge in [-0.3, -0.25) is 4.98 Å². The standard InChI is InChI=1S/C8H12N4/c1-5(9)6-3-12-4-7(10)8(6)11-2/h3-4,9H,10H2,1-2H3,(H,11,12). The molecule has 4 nitrogen and oxygen atoms in total. The van der Waals surface area contributed by atoms with Crippen LogP contribution >= 0.6 is 0 Å². The number of anilines is 2. The van der Waals surface area contributed by atoms with Crippen molar-refractivity contribution in [2.45, 2.75) is 6.92 Å². The third kappa shape index (κ3) is 1.37. The molecule has 0 unspecified atom stereocenters. The first-order valence-electron chi connectivity index (χ1n) is 3.63. The van der Waals surface area contributed by atoms with Crippen LogP contribution in [0.15, 0.2) is 12.4 Å². The summed E-state index contributed by atoms with van der Waals surface area (Å²) in [5, 5.41) is 10.4. The molecular weight excluding hydrogens is 152 g/mol. The quantitative estimate of drug-likeness (QED) is 0.573. The van der Waals surface area contributed by atoms with Crippen LogP contribution in [0.4, 0.5) is 11.4 Å². The van der Waals surface area contributed by atoms with Gasteiger partial charge in [0, 0.05) is 24.5 Å². The van der Waals surface area contributed by atoms with Crippen LogP contribution in [-0.4, -0.2) is 17.7 Å². The molecule has 0 spiro atoms. The number of nitrogens with zero attached hydrogens (tertiary/aromatic N) is 1. The molecule has 0 saturated heterocycles. The molecule has 4 heteroatoms. The maximum Gasteiger partial charge on any atom is 0.0743 e. The van der Waals surface area contributed by atoms with E-state index in [0.29, 0.717) is 11.4 Å². The second-order valence-corrected chi connectivity index (χ2v) is 2.53. The zero-order valence-electron chi connectivity index (χ0n) is 7.18. The van der Waals surface area contributed by atoms with Crippen molar-refractivity contribution in [3.8, 4) is 0 Å². The summed E-state index contributed by atoms with van der Waals surface area (Å²) < 4.78 is 0. The summed E-state index contributed by atoms with van der Waals surface area (Å²) in [5.41, 5.74) is 8.20. The Bertz CT molecular complexity index is 306. The van der Waals surface area contributed by atoms with Gasteiger partial charge in [-0.15, -0.1) is 0 Å². The van der Waals surface area contributed by atoms with E-state index >= 15 is 0 Å². The van der Waals surface area contributed by atoms with Crippen molar-refractivity contribution in [3.63, 3.8) is 0 Å². The summed E-state index contributed by atoms with van der Waals surface area (Å²) in [6.07, 6.45) is 3.20. The van der Waals surface area contributed by atoms with Gasteiger partial charge in [0.2, 0.25) is 0 Å². The van der Waals surface area contributed by atoms with Crippen LogP contribution < -0.4 is 11.1 Å². The molecule has 0 saturated carbocycles. The lowest BCUT2D eigenvalue weighted by Crippen LogP contribution is -2.04. The number of nitrogen functional groups attached to an aromatic ring is 1. The van der Waals surface area contributed by atoms with E-state index in [-0.39, 0.29) is 0 Å². The second kappa shape index (κ2) is 3.21. The molecule has 1 rings (SSSR count). The summed E-state index contributed by atoms with van der Waals surface area (Å²) in [6, 6.07) is 0. The minimum atomic E-state index is 0.458. The van der Waals surface area contributed by atoms with Crippen molar-refractivity contribution in [1.29, 1.82) is 5.41 Å². The lowest BCUT2D eigenvalue weighted by molar-refractivity contribution is 1.29. The second-order valence-electron chi connectivity index (χ2n) is 2.53. The van der Waals surface area contributed by atoms with Gasteiger partial charge < -0.3 is 16.5 Å². The van der Waals surface area contributed by atoms with Crippen LogP contribution in [0, 0.1) is 5.41 Å². The highest BCUT2D eigenvalue weighted by Crippen LogP contribution is 2.21. The molecule has 1 aromatic heterocycles. The zero-order chi connectivity index (χ0) is 9.14. The largest absolute Gasteiger partial charge is 0.396 e. The van der Waals surface area contributed by atoms with Crippen molar-refractivity contribution in [2.75, 3.05) is 18.1 Å². The van der Waals surface area contributed by atoms with Gasteiger partial charge in [0.15, 0.2) is 0 Å².